The Morgan fingerprint density at radius 2 is 1.96 bits per heavy atom. The molecule has 8 heteroatoms. The van der Waals surface area contributed by atoms with Gasteiger partial charge in [0.05, 0.1) is 11.5 Å². The van der Waals surface area contributed by atoms with Crippen LogP contribution in [0.15, 0.2) is 0 Å². The standard InChI is InChI=1S/C16H24ClN3O4/c1-10-11(2)18-14(17)13(20(22)23)12(10)8-6-7-9-24-15(21)19-16(3,4)5/h6-9H2,1-5H3,(H,19,21). The predicted molar refractivity (Wildman–Crippen MR) is 92.6 cm³/mol. The maximum absolute atomic E-state index is 11.5. The molecule has 1 amide bonds. The van der Waals surface area contributed by atoms with Crippen LogP contribution >= 0.6 is 11.6 Å². The molecule has 0 bridgehead atoms. The molecule has 0 aliphatic rings. The van der Waals surface area contributed by atoms with Crippen LogP contribution in [0.3, 0.4) is 0 Å². The Labute approximate surface area is 146 Å². The Kier molecular flexibility index (Phi) is 6.95. The van der Waals surface area contributed by atoms with Crippen molar-refractivity contribution in [2.45, 2.75) is 59.4 Å². The second-order valence-corrected chi connectivity index (χ2v) is 7.02. The molecule has 0 radical (unpaired) electrons. The van der Waals surface area contributed by atoms with E-state index in [-0.39, 0.29) is 23.0 Å². The summed E-state index contributed by atoms with van der Waals surface area (Å²) in [6.45, 7) is 9.43. The first-order valence-electron chi connectivity index (χ1n) is 7.78. The Bertz CT molecular complexity index is 627. The maximum atomic E-state index is 11.5. The van der Waals surface area contributed by atoms with Gasteiger partial charge in [-0.25, -0.2) is 9.78 Å². The van der Waals surface area contributed by atoms with E-state index in [0.29, 0.717) is 30.5 Å². The lowest BCUT2D eigenvalue weighted by atomic mass is 10.0. The highest BCUT2D eigenvalue weighted by Crippen LogP contribution is 2.31. The molecule has 1 aromatic heterocycles. The number of nitro groups is 1. The van der Waals surface area contributed by atoms with E-state index < -0.39 is 11.0 Å². The first-order chi connectivity index (χ1) is 11.0. The number of ether oxygens (including phenoxy) is 1. The minimum absolute atomic E-state index is 0.0843. The van der Waals surface area contributed by atoms with Gasteiger partial charge in [0.1, 0.15) is 0 Å². The summed E-state index contributed by atoms with van der Waals surface area (Å²) in [5.41, 5.74) is 1.57. The van der Waals surface area contributed by atoms with Crippen molar-refractivity contribution in [3.05, 3.63) is 32.1 Å². The van der Waals surface area contributed by atoms with Gasteiger partial charge < -0.3 is 10.1 Å². The zero-order chi connectivity index (χ0) is 18.5. The highest BCUT2D eigenvalue weighted by atomic mass is 35.5. The summed E-state index contributed by atoms with van der Waals surface area (Å²) in [4.78, 5) is 26.3. The highest BCUT2D eigenvalue weighted by molar-refractivity contribution is 6.31. The summed E-state index contributed by atoms with van der Waals surface area (Å²) in [7, 11) is 0. The van der Waals surface area contributed by atoms with E-state index in [0.717, 1.165) is 5.56 Å². The van der Waals surface area contributed by atoms with Crippen molar-refractivity contribution < 1.29 is 14.5 Å². The van der Waals surface area contributed by atoms with Gasteiger partial charge in [0.2, 0.25) is 5.15 Å². The molecule has 0 aliphatic heterocycles. The van der Waals surface area contributed by atoms with E-state index in [1.54, 1.807) is 13.8 Å². The number of aromatic nitrogens is 1. The van der Waals surface area contributed by atoms with E-state index in [9.17, 15) is 14.9 Å². The first-order valence-corrected chi connectivity index (χ1v) is 8.15. The number of amides is 1. The van der Waals surface area contributed by atoms with Crippen LogP contribution in [0.1, 0.15) is 50.4 Å². The lowest BCUT2D eigenvalue weighted by Gasteiger charge is -2.19. The predicted octanol–water partition coefficient (Wildman–Crippen LogP) is 4.11. The fourth-order valence-corrected chi connectivity index (χ4v) is 2.52. The summed E-state index contributed by atoms with van der Waals surface area (Å²) in [5.74, 6) is 0. The third kappa shape index (κ3) is 5.96. The van der Waals surface area contributed by atoms with Gasteiger partial charge in [-0.3, -0.25) is 10.1 Å². The number of hydrogen-bond acceptors (Lipinski definition) is 5. The molecule has 1 rings (SSSR count). The van der Waals surface area contributed by atoms with Gasteiger partial charge in [-0.05, 0) is 59.4 Å². The van der Waals surface area contributed by atoms with Crippen LogP contribution in [0.5, 0.6) is 0 Å². The lowest BCUT2D eigenvalue weighted by molar-refractivity contribution is -0.385. The van der Waals surface area contributed by atoms with Crippen LogP contribution in [0, 0.1) is 24.0 Å². The van der Waals surface area contributed by atoms with Crippen molar-refractivity contribution in [2.75, 3.05) is 6.61 Å². The van der Waals surface area contributed by atoms with Crippen molar-refractivity contribution in [3.8, 4) is 0 Å². The Balaban J connectivity index is 2.60. The van der Waals surface area contributed by atoms with E-state index in [1.807, 2.05) is 20.8 Å². The number of rotatable bonds is 6. The van der Waals surface area contributed by atoms with E-state index >= 15 is 0 Å². The molecule has 0 unspecified atom stereocenters. The largest absolute Gasteiger partial charge is 0.450 e. The molecule has 0 saturated carbocycles. The minimum atomic E-state index is -0.496. The summed E-state index contributed by atoms with van der Waals surface area (Å²) < 4.78 is 5.09. The van der Waals surface area contributed by atoms with Crippen molar-refractivity contribution >= 4 is 23.4 Å². The SMILES string of the molecule is Cc1nc(Cl)c([N+](=O)[O-])c(CCCCOC(=O)NC(C)(C)C)c1C. The number of nitrogens with one attached hydrogen (secondary N) is 1. The molecule has 1 N–H and O–H groups in total. The number of carbonyl (C=O) groups excluding carboxylic acids is 1. The van der Waals surface area contributed by atoms with Gasteiger partial charge in [-0.1, -0.05) is 11.6 Å². The summed E-state index contributed by atoms with van der Waals surface area (Å²) >= 11 is 5.91. The van der Waals surface area contributed by atoms with Crippen LogP contribution in [-0.4, -0.2) is 28.1 Å². The number of aryl methyl sites for hydroxylation is 1. The number of alkyl carbamates (subject to hydrolysis) is 1. The Hall–Kier alpha value is -1.89. The maximum Gasteiger partial charge on any atom is 0.407 e. The quantitative estimate of drug-likeness (QED) is 0.358. The fraction of sp³-hybridized carbons (Fsp3) is 0.625. The minimum Gasteiger partial charge on any atom is -0.450 e. The topological polar surface area (TPSA) is 94.4 Å². The molecular weight excluding hydrogens is 334 g/mol. The first kappa shape index (κ1) is 20.2. The lowest BCUT2D eigenvalue weighted by Crippen LogP contribution is -2.41. The number of pyridine rings is 1. The van der Waals surface area contributed by atoms with Crippen molar-refractivity contribution in [1.29, 1.82) is 0 Å². The smallest absolute Gasteiger partial charge is 0.407 e. The molecule has 0 aromatic carbocycles. The molecular formula is C16H24ClN3O4. The zero-order valence-electron chi connectivity index (χ0n) is 14.7. The average Bonchev–Trinajstić information content (AvgIpc) is 2.40. The third-order valence-corrected chi connectivity index (χ3v) is 3.72. The molecule has 0 spiro atoms. The molecule has 0 fully saturated rings. The molecule has 1 aromatic rings. The van der Waals surface area contributed by atoms with Crippen molar-refractivity contribution in [2.24, 2.45) is 0 Å². The van der Waals surface area contributed by atoms with Crippen LogP contribution < -0.4 is 5.32 Å². The molecule has 134 valence electrons. The van der Waals surface area contributed by atoms with Crippen molar-refractivity contribution in [1.82, 2.24) is 10.3 Å². The van der Waals surface area contributed by atoms with Crippen LogP contribution in [0.4, 0.5) is 10.5 Å². The molecule has 0 aliphatic carbocycles. The van der Waals surface area contributed by atoms with Crippen LogP contribution in [0.2, 0.25) is 5.15 Å². The van der Waals surface area contributed by atoms with Gasteiger partial charge in [-0.15, -0.1) is 0 Å². The Morgan fingerprint density at radius 1 is 1.33 bits per heavy atom. The normalized spacial score (nSPS) is 11.2. The number of unbranched alkanes of at least 4 members (excludes halogenated alkanes) is 1. The van der Waals surface area contributed by atoms with Crippen molar-refractivity contribution in [3.63, 3.8) is 0 Å². The number of carbonyl (C=O) groups is 1. The van der Waals surface area contributed by atoms with Gasteiger partial charge in [0.25, 0.3) is 0 Å². The van der Waals surface area contributed by atoms with E-state index in [2.05, 4.69) is 10.3 Å². The summed E-state index contributed by atoms with van der Waals surface area (Å²) in [6, 6.07) is 0. The summed E-state index contributed by atoms with van der Waals surface area (Å²) in [6.07, 6.45) is 1.26. The molecule has 24 heavy (non-hydrogen) atoms. The molecule has 7 nitrogen and oxygen atoms in total. The highest BCUT2D eigenvalue weighted by Gasteiger charge is 2.23. The van der Waals surface area contributed by atoms with Gasteiger partial charge >= 0.3 is 11.8 Å². The van der Waals surface area contributed by atoms with Gasteiger partial charge in [0.15, 0.2) is 0 Å². The zero-order valence-corrected chi connectivity index (χ0v) is 15.5. The number of halogens is 1. The second-order valence-electron chi connectivity index (χ2n) is 6.67. The van der Waals surface area contributed by atoms with Crippen LogP contribution in [0.25, 0.3) is 0 Å². The number of hydrogen-bond donors (Lipinski definition) is 1. The Morgan fingerprint density at radius 3 is 2.50 bits per heavy atom. The van der Waals surface area contributed by atoms with Gasteiger partial charge in [-0.2, -0.15) is 0 Å². The van der Waals surface area contributed by atoms with E-state index in [4.69, 9.17) is 16.3 Å². The van der Waals surface area contributed by atoms with Crippen LogP contribution in [-0.2, 0) is 11.2 Å². The molecule has 0 atom stereocenters. The monoisotopic (exact) mass is 357 g/mol. The summed E-state index contributed by atoms with van der Waals surface area (Å²) in [5, 5.41) is 13.8. The van der Waals surface area contributed by atoms with Gasteiger partial charge in [0, 0.05) is 16.8 Å². The molecule has 0 saturated heterocycles. The number of nitrogens with zero attached hydrogens (tertiary/aromatic N) is 2. The average molecular weight is 358 g/mol. The molecule has 1 heterocycles. The third-order valence-electron chi connectivity index (χ3n) is 3.46. The fourth-order valence-electron chi connectivity index (χ4n) is 2.21. The second kappa shape index (κ2) is 8.28. The van der Waals surface area contributed by atoms with E-state index in [1.165, 1.54) is 0 Å².